The van der Waals surface area contributed by atoms with E-state index in [1.807, 2.05) is 0 Å². The number of carbonyl (C=O) groups is 1. The Hall–Kier alpha value is -1.72. The summed E-state index contributed by atoms with van der Waals surface area (Å²) in [6.07, 6.45) is -4.02. The quantitative estimate of drug-likeness (QED) is 0.902. The van der Waals surface area contributed by atoms with Crippen molar-refractivity contribution in [2.24, 2.45) is 0 Å². The van der Waals surface area contributed by atoms with Gasteiger partial charge in [-0.2, -0.15) is 13.2 Å². The average Bonchev–Trinajstić information content (AvgIpc) is 2.28. The van der Waals surface area contributed by atoms with Crippen molar-refractivity contribution in [2.45, 2.75) is 12.6 Å². The minimum Gasteiger partial charge on any atom is -0.385 e. The second kappa shape index (κ2) is 5.75. The molecule has 0 unspecified atom stereocenters. The summed E-state index contributed by atoms with van der Waals surface area (Å²) < 4.78 is 36.9. The Labute approximate surface area is 104 Å². The van der Waals surface area contributed by atoms with Crippen LogP contribution in [0.4, 0.5) is 18.9 Å². The normalized spacial score (nSPS) is 11.2. The Kier molecular flexibility index (Phi) is 4.58. The average molecular weight is 260 g/mol. The first kappa shape index (κ1) is 14.3. The maximum atomic E-state index is 12.3. The largest absolute Gasteiger partial charge is 0.416 e. The molecule has 0 saturated carbocycles. The number of carbonyl (C=O) groups excluding carboxylic acids is 1. The SMILES string of the molecule is CN(C)C(=O)CCNc1ccc(C(F)(F)F)cc1. The highest BCUT2D eigenvalue weighted by Gasteiger charge is 2.29. The molecule has 1 rings (SSSR count). The van der Waals surface area contributed by atoms with Gasteiger partial charge in [0.1, 0.15) is 0 Å². The molecule has 6 heteroatoms. The third kappa shape index (κ3) is 4.27. The van der Waals surface area contributed by atoms with Crippen molar-refractivity contribution in [3.8, 4) is 0 Å². The Bertz CT molecular complexity index is 399. The van der Waals surface area contributed by atoms with Crippen molar-refractivity contribution < 1.29 is 18.0 Å². The highest BCUT2D eigenvalue weighted by Crippen LogP contribution is 2.29. The predicted octanol–water partition coefficient (Wildman–Crippen LogP) is 2.60. The van der Waals surface area contributed by atoms with E-state index in [0.29, 0.717) is 18.7 Å². The van der Waals surface area contributed by atoms with Crippen molar-refractivity contribution in [2.75, 3.05) is 26.0 Å². The predicted molar refractivity (Wildman–Crippen MR) is 63.2 cm³/mol. The van der Waals surface area contributed by atoms with Crippen LogP contribution in [-0.2, 0) is 11.0 Å². The number of benzene rings is 1. The number of rotatable bonds is 4. The van der Waals surface area contributed by atoms with Crippen LogP contribution in [0, 0.1) is 0 Å². The third-order valence-corrected chi connectivity index (χ3v) is 2.38. The molecular formula is C12H15F3N2O. The van der Waals surface area contributed by atoms with Crippen LogP contribution < -0.4 is 5.32 Å². The van der Waals surface area contributed by atoms with Gasteiger partial charge in [-0.15, -0.1) is 0 Å². The molecule has 0 fully saturated rings. The zero-order chi connectivity index (χ0) is 13.8. The highest BCUT2D eigenvalue weighted by atomic mass is 19.4. The van der Waals surface area contributed by atoms with Gasteiger partial charge in [-0.05, 0) is 24.3 Å². The summed E-state index contributed by atoms with van der Waals surface area (Å²) in [5.74, 6) is -0.0330. The topological polar surface area (TPSA) is 32.3 Å². The monoisotopic (exact) mass is 260 g/mol. The molecule has 0 radical (unpaired) electrons. The zero-order valence-corrected chi connectivity index (χ0v) is 10.2. The lowest BCUT2D eigenvalue weighted by atomic mass is 10.2. The zero-order valence-electron chi connectivity index (χ0n) is 10.2. The number of anilines is 1. The van der Waals surface area contributed by atoms with Gasteiger partial charge in [0.05, 0.1) is 5.56 Å². The van der Waals surface area contributed by atoms with Crippen molar-refractivity contribution in [1.82, 2.24) is 4.90 Å². The van der Waals surface area contributed by atoms with Crippen molar-refractivity contribution in [3.63, 3.8) is 0 Å². The molecule has 1 aromatic carbocycles. The number of hydrogen-bond donors (Lipinski definition) is 1. The highest BCUT2D eigenvalue weighted by molar-refractivity contribution is 5.76. The number of hydrogen-bond acceptors (Lipinski definition) is 2. The summed E-state index contributed by atoms with van der Waals surface area (Å²) in [5.41, 5.74) is -0.119. The molecule has 0 aliphatic heterocycles. The van der Waals surface area contributed by atoms with Crippen molar-refractivity contribution >= 4 is 11.6 Å². The third-order valence-electron chi connectivity index (χ3n) is 2.38. The van der Waals surface area contributed by atoms with Gasteiger partial charge >= 0.3 is 6.18 Å². The first-order valence-electron chi connectivity index (χ1n) is 5.42. The van der Waals surface area contributed by atoms with E-state index in [2.05, 4.69) is 5.32 Å². The molecule has 0 aliphatic rings. The van der Waals surface area contributed by atoms with Crippen LogP contribution in [0.15, 0.2) is 24.3 Å². The molecule has 1 N–H and O–H groups in total. The molecule has 0 heterocycles. The second-order valence-electron chi connectivity index (χ2n) is 4.04. The van der Waals surface area contributed by atoms with Gasteiger partial charge in [-0.3, -0.25) is 4.79 Å². The maximum absolute atomic E-state index is 12.3. The standard InChI is InChI=1S/C12H15F3N2O/c1-17(2)11(18)7-8-16-10-5-3-9(4-6-10)12(13,14)15/h3-6,16H,7-8H2,1-2H3. The minimum absolute atomic E-state index is 0.0330. The van der Waals surface area contributed by atoms with E-state index >= 15 is 0 Å². The Balaban J connectivity index is 2.47. The lowest BCUT2D eigenvalue weighted by molar-refractivity contribution is -0.137. The summed E-state index contributed by atoms with van der Waals surface area (Å²) in [6, 6.07) is 4.72. The fourth-order valence-corrected chi connectivity index (χ4v) is 1.31. The molecule has 1 amide bonds. The minimum atomic E-state index is -4.32. The van der Waals surface area contributed by atoms with Crippen LogP contribution in [-0.4, -0.2) is 31.4 Å². The second-order valence-corrected chi connectivity index (χ2v) is 4.04. The molecule has 0 spiro atoms. The fraction of sp³-hybridized carbons (Fsp3) is 0.417. The molecule has 3 nitrogen and oxygen atoms in total. The van der Waals surface area contributed by atoms with E-state index in [-0.39, 0.29) is 5.91 Å². The summed E-state index contributed by atoms with van der Waals surface area (Å²) in [7, 11) is 3.31. The number of halogens is 3. The van der Waals surface area contributed by atoms with Gasteiger partial charge in [0, 0.05) is 32.7 Å². The maximum Gasteiger partial charge on any atom is 0.416 e. The summed E-state index contributed by atoms with van der Waals surface area (Å²) >= 11 is 0. The van der Waals surface area contributed by atoms with Crippen LogP contribution in [0.5, 0.6) is 0 Å². The van der Waals surface area contributed by atoms with Gasteiger partial charge in [-0.25, -0.2) is 0 Å². The molecule has 0 aromatic heterocycles. The van der Waals surface area contributed by atoms with Crippen LogP contribution in [0.1, 0.15) is 12.0 Å². The van der Waals surface area contributed by atoms with Gasteiger partial charge < -0.3 is 10.2 Å². The summed E-state index contributed by atoms with van der Waals surface area (Å²) in [5, 5.41) is 2.89. The Morgan fingerprint density at radius 3 is 2.22 bits per heavy atom. The molecular weight excluding hydrogens is 245 g/mol. The van der Waals surface area contributed by atoms with E-state index in [9.17, 15) is 18.0 Å². The lowest BCUT2D eigenvalue weighted by Crippen LogP contribution is -2.23. The van der Waals surface area contributed by atoms with Crippen molar-refractivity contribution in [3.05, 3.63) is 29.8 Å². The van der Waals surface area contributed by atoms with Gasteiger partial charge in [0.25, 0.3) is 0 Å². The summed E-state index contributed by atoms with van der Waals surface area (Å²) in [6.45, 7) is 0.391. The Morgan fingerprint density at radius 2 is 1.78 bits per heavy atom. The Morgan fingerprint density at radius 1 is 1.22 bits per heavy atom. The molecule has 0 saturated heterocycles. The molecule has 0 bridgehead atoms. The van der Waals surface area contributed by atoms with Crippen molar-refractivity contribution in [1.29, 1.82) is 0 Å². The van der Waals surface area contributed by atoms with Gasteiger partial charge in [-0.1, -0.05) is 0 Å². The number of nitrogens with one attached hydrogen (secondary N) is 1. The first-order chi connectivity index (χ1) is 8.30. The van der Waals surface area contributed by atoms with Crippen LogP contribution >= 0.6 is 0 Å². The van der Waals surface area contributed by atoms with E-state index in [1.165, 1.54) is 17.0 Å². The van der Waals surface area contributed by atoms with E-state index in [0.717, 1.165) is 12.1 Å². The van der Waals surface area contributed by atoms with Crippen LogP contribution in [0.3, 0.4) is 0 Å². The van der Waals surface area contributed by atoms with Gasteiger partial charge in [0.15, 0.2) is 0 Å². The molecule has 100 valence electrons. The first-order valence-corrected chi connectivity index (χ1v) is 5.42. The van der Waals surface area contributed by atoms with Crippen LogP contribution in [0.25, 0.3) is 0 Å². The number of amides is 1. The number of alkyl halides is 3. The van der Waals surface area contributed by atoms with E-state index in [1.54, 1.807) is 14.1 Å². The smallest absolute Gasteiger partial charge is 0.385 e. The van der Waals surface area contributed by atoms with Gasteiger partial charge in [0.2, 0.25) is 5.91 Å². The van der Waals surface area contributed by atoms with E-state index < -0.39 is 11.7 Å². The molecule has 1 aromatic rings. The molecule has 0 atom stereocenters. The van der Waals surface area contributed by atoms with E-state index in [4.69, 9.17) is 0 Å². The summed E-state index contributed by atoms with van der Waals surface area (Å²) in [4.78, 5) is 12.7. The molecule has 0 aliphatic carbocycles. The fourth-order valence-electron chi connectivity index (χ4n) is 1.31. The molecule has 18 heavy (non-hydrogen) atoms. The van der Waals surface area contributed by atoms with Crippen LogP contribution in [0.2, 0.25) is 0 Å². The lowest BCUT2D eigenvalue weighted by Gasteiger charge is -2.12. The number of nitrogens with zero attached hydrogens (tertiary/aromatic N) is 1.